The van der Waals surface area contributed by atoms with E-state index < -0.39 is 0 Å². The van der Waals surface area contributed by atoms with Gasteiger partial charge in [-0.1, -0.05) is 0 Å². The summed E-state index contributed by atoms with van der Waals surface area (Å²) in [5.41, 5.74) is 4.08. The van der Waals surface area contributed by atoms with Gasteiger partial charge in [-0.2, -0.15) is 5.10 Å². The van der Waals surface area contributed by atoms with Crippen molar-refractivity contribution in [1.29, 1.82) is 0 Å². The fourth-order valence-corrected chi connectivity index (χ4v) is 2.41. The Morgan fingerprint density at radius 3 is 2.78 bits per heavy atom. The number of hydrogen-bond donors (Lipinski definition) is 1. The Hall–Kier alpha value is -1.62. The summed E-state index contributed by atoms with van der Waals surface area (Å²) in [5, 5.41) is 13.8. The summed E-state index contributed by atoms with van der Waals surface area (Å²) < 4.78 is 4.20. The maximum Gasteiger partial charge on any atom is 0.0951 e. The van der Waals surface area contributed by atoms with Crippen LogP contribution in [0.15, 0.2) is 12.5 Å². The van der Waals surface area contributed by atoms with Gasteiger partial charge in [-0.3, -0.25) is 4.68 Å². The molecule has 0 unspecified atom stereocenters. The van der Waals surface area contributed by atoms with Crippen LogP contribution < -0.4 is 0 Å². The molecule has 2 aromatic rings. The second-order valence-corrected chi connectivity index (χ2v) is 4.99. The molecule has 5 nitrogen and oxygen atoms in total. The molecular weight excluding hydrogens is 228 g/mol. The summed E-state index contributed by atoms with van der Waals surface area (Å²) in [7, 11) is 0. The Bertz CT molecular complexity index is 566. The molecule has 0 saturated heterocycles. The van der Waals surface area contributed by atoms with Crippen molar-refractivity contribution in [2.45, 2.75) is 45.9 Å². The molecule has 0 bridgehead atoms. The van der Waals surface area contributed by atoms with Crippen molar-refractivity contribution in [1.82, 2.24) is 19.3 Å². The Kier molecular flexibility index (Phi) is 2.70. The van der Waals surface area contributed by atoms with Crippen LogP contribution in [0.5, 0.6) is 0 Å². The zero-order valence-corrected chi connectivity index (χ0v) is 10.8. The van der Waals surface area contributed by atoms with Crippen LogP contribution >= 0.6 is 0 Å². The molecule has 1 aliphatic carbocycles. The number of nitrogens with zero attached hydrogens (tertiary/aromatic N) is 4. The zero-order chi connectivity index (χ0) is 12.7. The third-order valence-corrected chi connectivity index (χ3v) is 3.69. The van der Waals surface area contributed by atoms with Gasteiger partial charge in [-0.05, 0) is 26.7 Å². The second-order valence-electron chi connectivity index (χ2n) is 4.99. The summed E-state index contributed by atoms with van der Waals surface area (Å²) in [6.45, 7) is 4.72. The van der Waals surface area contributed by atoms with E-state index in [1.807, 2.05) is 31.1 Å². The van der Waals surface area contributed by atoms with Crippen LogP contribution in [0.2, 0.25) is 0 Å². The quantitative estimate of drug-likeness (QED) is 0.891. The van der Waals surface area contributed by atoms with Crippen molar-refractivity contribution in [2.75, 3.05) is 0 Å². The van der Waals surface area contributed by atoms with Gasteiger partial charge in [0.25, 0.3) is 0 Å². The average Bonchev–Trinajstić information content (AvgIpc) is 3.03. The van der Waals surface area contributed by atoms with Crippen LogP contribution in [0.1, 0.15) is 41.5 Å². The fraction of sp³-hybridized carbons (Fsp3) is 0.538. The predicted molar refractivity (Wildman–Crippen MR) is 67.2 cm³/mol. The Balaban J connectivity index is 1.90. The monoisotopic (exact) mass is 246 g/mol. The van der Waals surface area contributed by atoms with Crippen LogP contribution in [-0.4, -0.2) is 24.4 Å². The highest BCUT2D eigenvalue weighted by Gasteiger charge is 2.25. The van der Waals surface area contributed by atoms with Crippen molar-refractivity contribution in [3.8, 4) is 0 Å². The second kappa shape index (κ2) is 4.24. The van der Waals surface area contributed by atoms with Crippen LogP contribution in [0.4, 0.5) is 0 Å². The molecule has 2 aromatic heterocycles. The normalized spacial score (nSPS) is 15.3. The number of aliphatic hydroxyl groups is 1. The molecule has 0 aliphatic heterocycles. The maximum absolute atomic E-state index is 9.32. The largest absolute Gasteiger partial charge is 0.392 e. The van der Waals surface area contributed by atoms with Crippen molar-refractivity contribution in [2.24, 2.45) is 0 Å². The van der Waals surface area contributed by atoms with E-state index in [0.717, 1.165) is 23.5 Å². The number of rotatable bonds is 4. The molecule has 0 amide bonds. The van der Waals surface area contributed by atoms with E-state index in [0.29, 0.717) is 6.04 Å². The van der Waals surface area contributed by atoms with Crippen LogP contribution in [0.25, 0.3) is 0 Å². The first-order chi connectivity index (χ1) is 8.70. The van der Waals surface area contributed by atoms with Gasteiger partial charge in [-0.15, -0.1) is 0 Å². The van der Waals surface area contributed by atoms with E-state index >= 15 is 0 Å². The van der Waals surface area contributed by atoms with Crippen molar-refractivity contribution in [3.63, 3.8) is 0 Å². The minimum atomic E-state index is 0.0551. The molecule has 1 fully saturated rings. The van der Waals surface area contributed by atoms with Gasteiger partial charge >= 0.3 is 0 Å². The zero-order valence-electron chi connectivity index (χ0n) is 10.8. The van der Waals surface area contributed by atoms with Crippen LogP contribution in [0.3, 0.4) is 0 Å². The predicted octanol–water partition coefficient (Wildman–Crippen LogP) is 1.57. The van der Waals surface area contributed by atoms with Gasteiger partial charge in [0.15, 0.2) is 0 Å². The summed E-state index contributed by atoms with van der Waals surface area (Å²) >= 11 is 0. The lowest BCUT2D eigenvalue weighted by atomic mass is 10.2. The molecule has 0 spiro atoms. The fourth-order valence-electron chi connectivity index (χ4n) is 2.41. The molecule has 1 N–H and O–H groups in total. The van der Waals surface area contributed by atoms with Crippen LogP contribution in [-0.2, 0) is 13.2 Å². The topological polar surface area (TPSA) is 55.9 Å². The van der Waals surface area contributed by atoms with Crippen molar-refractivity contribution in [3.05, 3.63) is 35.2 Å². The molecule has 0 aromatic carbocycles. The van der Waals surface area contributed by atoms with Gasteiger partial charge in [0.05, 0.1) is 37.1 Å². The minimum Gasteiger partial charge on any atom is -0.392 e. The molecule has 18 heavy (non-hydrogen) atoms. The van der Waals surface area contributed by atoms with Gasteiger partial charge in [0.2, 0.25) is 0 Å². The molecule has 3 rings (SSSR count). The summed E-state index contributed by atoms with van der Waals surface area (Å²) in [6.07, 6.45) is 6.32. The number of hydrogen-bond acceptors (Lipinski definition) is 3. The number of aryl methyl sites for hydroxylation is 1. The summed E-state index contributed by atoms with van der Waals surface area (Å²) in [4.78, 5) is 4.23. The highest BCUT2D eigenvalue weighted by Crippen LogP contribution is 2.35. The van der Waals surface area contributed by atoms with Crippen molar-refractivity contribution >= 4 is 0 Å². The van der Waals surface area contributed by atoms with Gasteiger partial charge in [0.1, 0.15) is 0 Å². The number of aromatic nitrogens is 4. The van der Waals surface area contributed by atoms with Gasteiger partial charge < -0.3 is 9.67 Å². The van der Waals surface area contributed by atoms with E-state index in [-0.39, 0.29) is 6.61 Å². The lowest BCUT2D eigenvalue weighted by molar-refractivity contribution is 0.280. The Morgan fingerprint density at radius 2 is 2.17 bits per heavy atom. The maximum atomic E-state index is 9.32. The molecule has 1 aliphatic rings. The highest BCUT2D eigenvalue weighted by molar-refractivity contribution is 5.24. The van der Waals surface area contributed by atoms with E-state index in [4.69, 9.17) is 0 Å². The van der Waals surface area contributed by atoms with Gasteiger partial charge in [0, 0.05) is 17.3 Å². The molecule has 5 heteroatoms. The van der Waals surface area contributed by atoms with Crippen LogP contribution in [0, 0.1) is 13.8 Å². The standard InChI is InChI=1S/C13H18N4O/c1-9-13(7-18)10(2)17(15-9)6-12-5-14-8-16(12)11-3-4-11/h5,8,11,18H,3-4,6-7H2,1-2H3. The third kappa shape index (κ3) is 1.84. The van der Waals surface area contributed by atoms with E-state index in [9.17, 15) is 5.11 Å². The number of imidazole rings is 1. The average molecular weight is 246 g/mol. The van der Waals surface area contributed by atoms with E-state index in [1.54, 1.807) is 0 Å². The van der Waals surface area contributed by atoms with Crippen molar-refractivity contribution < 1.29 is 5.11 Å². The lowest BCUT2D eigenvalue weighted by Gasteiger charge is -2.08. The molecule has 0 atom stereocenters. The van der Waals surface area contributed by atoms with E-state index in [1.165, 1.54) is 18.5 Å². The highest BCUT2D eigenvalue weighted by atomic mass is 16.3. The van der Waals surface area contributed by atoms with E-state index in [2.05, 4.69) is 14.6 Å². The molecular formula is C13H18N4O. The lowest BCUT2D eigenvalue weighted by Crippen LogP contribution is -2.09. The SMILES string of the molecule is Cc1nn(Cc2cncn2C2CC2)c(C)c1CO. The first-order valence-electron chi connectivity index (χ1n) is 6.35. The minimum absolute atomic E-state index is 0.0551. The Morgan fingerprint density at radius 1 is 1.39 bits per heavy atom. The van der Waals surface area contributed by atoms with Gasteiger partial charge in [-0.25, -0.2) is 4.98 Å². The molecule has 0 radical (unpaired) electrons. The summed E-state index contributed by atoms with van der Waals surface area (Å²) in [6, 6.07) is 0.636. The first-order valence-corrected chi connectivity index (χ1v) is 6.35. The molecule has 96 valence electrons. The Labute approximate surface area is 106 Å². The summed E-state index contributed by atoms with van der Waals surface area (Å²) in [5.74, 6) is 0. The first kappa shape index (κ1) is 11.5. The molecule has 1 saturated carbocycles. The smallest absolute Gasteiger partial charge is 0.0951 e. The number of aliphatic hydroxyl groups excluding tert-OH is 1. The molecule has 2 heterocycles. The third-order valence-electron chi connectivity index (χ3n) is 3.69.